The van der Waals surface area contributed by atoms with Crippen LogP contribution in [0.4, 0.5) is 0 Å². The number of ether oxygens (including phenoxy) is 2. The van der Waals surface area contributed by atoms with Crippen LogP contribution in [-0.4, -0.2) is 43.1 Å². The van der Waals surface area contributed by atoms with Crippen molar-refractivity contribution in [2.24, 2.45) is 11.3 Å². The monoisotopic (exact) mass is 425 g/mol. The Morgan fingerprint density at radius 2 is 1.90 bits per heavy atom. The predicted octanol–water partition coefficient (Wildman–Crippen LogP) is 4.21. The van der Waals surface area contributed by atoms with Crippen molar-refractivity contribution in [2.75, 3.05) is 27.3 Å². The van der Waals surface area contributed by atoms with Crippen LogP contribution in [0.15, 0.2) is 42.6 Å². The first-order chi connectivity index (χ1) is 14.8. The zero-order chi connectivity index (χ0) is 22.4. The molecular formula is C25H35N3O3. The van der Waals surface area contributed by atoms with Crippen molar-refractivity contribution in [3.05, 3.63) is 53.9 Å². The number of carbonyl (C=O) groups is 1. The number of carbonyl (C=O) groups excluding carboxylic acids is 1. The number of amides is 1. The number of piperidine rings is 1. The van der Waals surface area contributed by atoms with Gasteiger partial charge in [-0.2, -0.15) is 0 Å². The predicted molar refractivity (Wildman–Crippen MR) is 122 cm³/mol. The van der Waals surface area contributed by atoms with Gasteiger partial charge in [0.1, 0.15) is 11.5 Å². The standard InChI is InChI=1S/C25H35N3O3/c1-25(2,3)24(29)27-23(21-8-6-7-13-26-21)18-11-14-28(15-12-18)17-19-9-10-20(30-4)16-22(19)31-5/h6-10,13,16,18,23H,11-12,14-15,17H2,1-5H3,(H,27,29)/t23-/m0/s1. The van der Waals surface area contributed by atoms with Gasteiger partial charge in [0.25, 0.3) is 0 Å². The van der Waals surface area contributed by atoms with Gasteiger partial charge in [0.15, 0.2) is 0 Å². The summed E-state index contributed by atoms with van der Waals surface area (Å²) < 4.78 is 10.9. The van der Waals surface area contributed by atoms with Crippen molar-refractivity contribution in [1.82, 2.24) is 15.2 Å². The highest BCUT2D eigenvalue weighted by atomic mass is 16.5. The van der Waals surface area contributed by atoms with Crippen molar-refractivity contribution in [3.63, 3.8) is 0 Å². The van der Waals surface area contributed by atoms with Crippen LogP contribution in [0.25, 0.3) is 0 Å². The average molecular weight is 426 g/mol. The van der Waals surface area contributed by atoms with Crippen LogP contribution in [0.2, 0.25) is 0 Å². The molecule has 0 saturated carbocycles. The van der Waals surface area contributed by atoms with Crippen LogP contribution < -0.4 is 14.8 Å². The Hall–Kier alpha value is -2.60. The second-order valence-electron chi connectivity index (χ2n) is 9.25. The van der Waals surface area contributed by atoms with Crippen molar-refractivity contribution in [3.8, 4) is 11.5 Å². The second kappa shape index (κ2) is 10.1. The van der Waals surface area contributed by atoms with Gasteiger partial charge in [-0.3, -0.25) is 14.7 Å². The maximum Gasteiger partial charge on any atom is 0.225 e. The summed E-state index contributed by atoms with van der Waals surface area (Å²) in [6, 6.07) is 11.8. The van der Waals surface area contributed by atoms with Crippen LogP contribution in [0.3, 0.4) is 0 Å². The molecule has 1 fully saturated rings. The summed E-state index contributed by atoms with van der Waals surface area (Å²) in [4.78, 5) is 19.8. The molecule has 0 unspecified atom stereocenters. The molecule has 1 aromatic heterocycles. The zero-order valence-corrected chi connectivity index (χ0v) is 19.4. The van der Waals surface area contributed by atoms with Gasteiger partial charge in [-0.25, -0.2) is 0 Å². The number of likely N-dealkylation sites (tertiary alicyclic amines) is 1. The van der Waals surface area contributed by atoms with Crippen molar-refractivity contribution in [1.29, 1.82) is 0 Å². The molecule has 6 nitrogen and oxygen atoms in total. The first-order valence-electron chi connectivity index (χ1n) is 11.0. The normalized spacial score (nSPS) is 16.5. The highest BCUT2D eigenvalue weighted by Gasteiger charge is 2.32. The van der Waals surface area contributed by atoms with Gasteiger partial charge in [-0.15, -0.1) is 0 Å². The molecule has 1 amide bonds. The number of methoxy groups -OCH3 is 2. The molecule has 31 heavy (non-hydrogen) atoms. The van der Waals surface area contributed by atoms with Gasteiger partial charge in [-0.05, 0) is 50.0 Å². The lowest BCUT2D eigenvalue weighted by Crippen LogP contribution is -2.44. The minimum absolute atomic E-state index is 0.0635. The number of nitrogens with zero attached hydrogens (tertiary/aromatic N) is 2. The van der Waals surface area contributed by atoms with E-state index in [0.717, 1.165) is 55.2 Å². The number of nitrogens with one attached hydrogen (secondary N) is 1. The van der Waals surface area contributed by atoms with E-state index in [2.05, 4.69) is 21.3 Å². The molecular weight excluding hydrogens is 390 g/mol. The Balaban J connectivity index is 1.67. The van der Waals surface area contributed by atoms with E-state index in [1.807, 2.05) is 51.1 Å². The van der Waals surface area contributed by atoms with E-state index >= 15 is 0 Å². The van der Waals surface area contributed by atoms with Gasteiger partial charge in [0.2, 0.25) is 5.91 Å². The fraction of sp³-hybridized carbons (Fsp3) is 0.520. The number of aromatic nitrogens is 1. The van der Waals surface area contributed by atoms with Crippen molar-refractivity contribution in [2.45, 2.75) is 46.2 Å². The molecule has 3 rings (SSSR count). The Labute approximate surface area is 186 Å². The van der Waals surface area contributed by atoms with Crippen LogP contribution in [0.5, 0.6) is 11.5 Å². The van der Waals surface area contributed by atoms with Gasteiger partial charge in [0.05, 0.1) is 26.0 Å². The van der Waals surface area contributed by atoms with E-state index in [0.29, 0.717) is 5.92 Å². The summed E-state index contributed by atoms with van der Waals surface area (Å²) in [6.45, 7) is 8.61. The first-order valence-corrected chi connectivity index (χ1v) is 11.0. The van der Waals surface area contributed by atoms with Crippen molar-refractivity contribution < 1.29 is 14.3 Å². The molecule has 0 radical (unpaired) electrons. The quantitative estimate of drug-likeness (QED) is 0.720. The minimum atomic E-state index is -0.432. The number of pyridine rings is 1. The largest absolute Gasteiger partial charge is 0.497 e. The van der Waals surface area contributed by atoms with E-state index in [1.165, 1.54) is 0 Å². The molecule has 2 aromatic rings. The molecule has 1 aliphatic heterocycles. The molecule has 1 aliphatic rings. The van der Waals surface area contributed by atoms with Crippen molar-refractivity contribution >= 4 is 5.91 Å². The highest BCUT2D eigenvalue weighted by Crippen LogP contribution is 2.33. The lowest BCUT2D eigenvalue weighted by Gasteiger charge is -2.37. The highest BCUT2D eigenvalue weighted by molar-refractivity contribution is 5.81. The zero-order valence-electron chi connectivity index (χ0n) is 19.4. The Bertz CT molecular complexity index is 856. The summed E-state index contributed by atoms with van der Waals surface area (Å²) in [5.41, 5.74) is 1.66. The molecule has 0 spiro atoms. The Morgan fingerprint density at radius 1 is 1.16 bits per heavy atom. The molecule has 1 saturated heterocycles. The van der Waals surface area contributed by atoms with Gasteiger partial charge in [0, 0.05) is 29.8 Å². The third-order valence-corrected chi connectivity index (χ3v) is 5.97. The molecule has 168 valence electrons. The first kappa shape index (κ1) is 23.1. The molecule has 2 heterocycles. The summed E-state index contributed by atoms with van der Waals surface area (Å²) in [5.74, 6) is 2.07. The molecule has 1 atom stereocenters. The van der Waals surface area contributed by atoms with Crippen LogP contribution in [-0.2, 0) is 11.3 Å². The number of hydrogen-bond donors (Lipinski definition) is 1. The topological polar surface area (TPSA) is 63.7 Å². The van der Waals surface area contributed by atoms with Crippen LogP contribution in [0, 0.1) is 11.3 Å². The van der Waals surface area contributed by atoms with E-state index in [1.54, 1.807) is 20.4 Å². The fourth-order valence-corrected chi connectivity index (χ4v) is 4.02. The van der Waals surface area contributed by atoms with Gasteiger partial charge >= 0.3 is 0 Å². The van der Waals surface area contributed by atoms with E-state index in [-0.39, 0.29) is 11.9 Å². The van der Waals surface area contributed by atoms with E-state index in [4.69, 9.17) is 9.47 Å². The maximum absolute atomic E-state index is 12.7. The average Bonchev–Trinajstić information content (AvgIpc) is 2.78. The lowest BCUT2D eigenvalue weighted by atomic mass is 9.85. The number of hydrogen-bond acceptors (Lipinski definition) is 5. The number of rotatable bonds is 7. The molecule has 0 bridgehead atoms. The molecule has 1 aromatic carbocycles. The fourth-order valence-electron chi connectivity index (χ4n) is 4.02. The summed E-state index contributed by atoms with van der Waals surface area (Å²) in [6.07, 6.45) is 3.81. The van der Waals surface area contributed by atoms with E-state index < -0.39 is 5.41 Å². The van der Waals surface area contributed by atoms with Crippen LogP contribution >= 0.6 is 0 Å². The van der Waals surface area contributed by atoms with Crippen LogP contribution in [0.1, 0.15) is 50.9 Å². The third-order valence-electron chi connectivity index (χ3n) is 5.97. The van der Waals surface area contributed by atoms with Gasteiger partial charge < -0.3 is 14.8 Å². The summed E-state index contributed by atoms with van der Waals surface area (Å²) in [7, 11) is 3.36. The summed E-state index contributed by atoms with van der Waals surface area (Å²) in [5, 5.41) is 3.28. The minimum Gasteiger partial charge on any atom is -0.497 e. The summed E-state index contributed by atoms with van der Waals surface area (Å²) >= 11 is 0. The Kier molecular flexibility index (Phi) is 7.55. The maximum atomic E-state index is 12.7. The molecule has 0 aliphatic carbocycles. The number of benzene rings is 1. The lowest BCUT2D eigenvalue weighted by molar-refractivity contribution is -0.129. The Morgan fingerprint density at radius 3 is 2.48 bits per heavy atom. The second-order valence-corrected chi connectivity index (χ2v) is 9.25. The SMILES string of the molecule is COc1ccc(CN2CCC([C@H](NC(=O)C(C)(C)C)c3ccccn3)CC2)c(OC)c1. The smallest absolute Gasteiger partial charge is 0.225 e. The van der Waals surface area contributed by atoms with E-state index in [9.17, 15) is 4.79 Å². The van der Waals surface area contributed by atoms with Gasteiger partial charge in [-0.1, -0.05) is 32.9 Å². The third kappa shape index (κ3) is 5.97. The molecule has 1 N–H and O–H groups in total. The molecule has 6 heteroatoms.